The van der Waals surface area contributed by atoms with E-state index < -0.39 is 0 Å². The Balaban J connectivity index is 0.965. The molecule has 2 aromatic heterocycles. The van der Waals surface area contributed by atoms with Gasteiger partial charge in [-0.1, -0.05) is 218 Å². The van der Waals surface area contributed by atoms with Crippen molar-refractivity contribution in [1.29, 1.82) is 0 Å². The van der Waals surface area contributed by atoms with Gasteiger partial charge in [-0.15, -0.1) is 0 Å². The average Bonchev–Trinajstić information content (AvgIpc) is 3.99. The van der Waals surface area contributed by atoms with Crippen molar-refractivity contribution in [2.24, 2.45) is 0 Å². The number of hydrogen-bond acceptors (Lipinski definition) is 1. The summed E-state index contributed by atoms with van der Waals surface area (Å²) < 4.78 is 9.50. The van der Waals surface area contributed by atoms with Crippen LogP contribution in [0.15, 0.2) is 265 Å². The van der Waals surface area contributed by atoms with E-state index in [1.165, 1.54) is 115 Å². The number of aromatic nitrogens is 1. The van der Waals surface area contributed by atoms with Crippen molar-refractivity contribution in [2.75, 3.05) is 0 Å². The highest BCUT2D eigenvalue weighted by molar-refractivity contribution is 6.26. The number of benzene rings is 13. The summed E-state index contributed by atoms with van der Waals surface area (Å²) in [5.41, 5.74) is 17.3. The highest BCUT2D eigenvalue weighted by Crippen LogP contribution is 2.49. The molecule has 0 unspecified atom stereocenters. The molecule has 72 heavy (non-hydrogen) atoms. The molecule has 0 atom stereocenters. The van der Waals surface area contributed by atoms with Gasteiger partial charge in [-0.3, -0.25) is 0 Å². The van der Waals surface area contributed by atoms with Crippen LogP contribution in [0.3, 0.4) is 0 Å². The number of nitrogens with zero attached hydrogens (tertiary/aromatic N) is 1. The van der Waals surface area contributed by atoms with E-state index in [1.54, 1.807) is 0 Å². The van der Waals surface area contributed by atoms with Crippen molar-refractivity contribution in [3.05, 3.63) is 261 Å². The first-order chi connectivity index (χ1) is 35.7. The summed E-state index contributed by atoms with van der Waals surface area (Å²) in [6.45, 7) is 0. The molecule has 0 N–H and O–H groups in total. The SMILES string of the molecule is c1ccc(-c2ccc3c(c2)c2cc(-c4ccccc4)ccc2n3-c2c3ccccc3c(-c3cccc4oc5cc(-c6c7ccccc7c(-c7ccccc7)c7ccccc67)ccc5c34)c3ccccc23)cc1. The molecule has 15 rings (SSSR count). The molecule has 0 spiro atoms. The van der Waals surface area contributed by atoms with Crippen LogP contribution < -0.4 is 0 Å². The summed E-state index contributed by atoms with van der Waals surface area (Å²) in [7, 11) is 0. The molecule has 334 valence electrons. The second kappa shape index (κ2) is 16.0. The monoisotopic (exact) mass is 913 g/mol. The van der Waals surface area contributed by atoms with Crippen molar-refractivity contribution in [1.82, 2.24) is 4.57 Å². The molecular weight excluding hydrogens is 871 g/mol. The largest absolute Gasteiger partial charge is 0.456 e. The van der Waals surface area contributed by atoms with Crippen molar-refractivity contribution >= 4 is 86.8 Å². The van der Waals surface area contributed by atoms with Gasteiger partial charge in [-0.05, 0) is 130 Å². The Bertz CT molecular complexity index is 4450. The predicted molar refractivity (Wildman–Crippen MR) is 305 cm³/mol. The quantitative estimate of drug-likeness (QED) is 0.152. The van der Waals surface area contributed by atoms with Gasteiger partial charge in [-0.25, -0.2) is 0 Å². The summed E-state index contributed by atoms with van der Waals surface area (Å²) in [5.74, 6) is 0. The van der Waals surface area contributed by atoms with Crippen LogP contribution in [0.4, 0.5) is 0 Å². The van der Waals surface area contributed by atoms with Crippen LogP contribution in [0.2, 0.25) is 0 Å². The van der Waals surface area contributed by atoms with E-state index in [0.29, 0.717) is 0 Å². The molecule has 15 aromatic rings. The normalized spacial score (nSPS) is 11.9. The molecule has 0 aliphatic carbocycles. The summed E-state index contributed by atoms with van der Waals surface area (Å²) >= 11 is 0. The summed E-state index contributed by atoms with van der Waals surface area (Å²) in [6, 6.07) is 95.4. The Morgan fingerprint density at radius 1 is 0.236 bits per heavy atom. The van der Waals surface area contributed by atoms with Gasteiger partial charge < -0.3 is 8.98 Å². The standard InChI is InChI=1S/C70H43NO/c1-4-19-44(20-5-1)47-36-39-62-60(41-47)61-42-48(45-21-6-2-7-22-45)37-40-63(61)71(62)70-56-31-16-14-29-54(56)68(55-30-15-17-32-57(55)70)59-33-18-34-64-69(59)58-38-35-49(43-65(58)72-64)67-52-27-12-10-25-50(52)66(46-23-8-3-9-24-46)51-26-11-13-28-53(51)67/h1-43H. The number of rotatable bonds is 6. The predicted octanol–water partition coefficient (Wildman–Crippen LogP) is 19.6. The maximum Gasteiger partial charge on any atom is 0.136 e. The van der Waals surface area contributed by atoms with E-state index in [-0.39, 0.29) is 0 Å². The maximum absolute atomic E-state index is 6.98. The van der Waals surface area contributed by atoms with E-state index in [9.17, 15) is 0 Å². The molecule has 2 nitrogen and oxygen atoms in total. The first kappa shape index (κ1) is 40.4. The molecule has 2 heterocycles. The fourth-order valence-electron chi connectivity index (χ4n) is 12.1. The minimum Gasteiger partial charge on any atom is -0.456 e. The van der Waals surface area contributed by atoms with Crippen LogP contribution in [0, 0.1) is 0 Å². The van der Waals surface area contributed by atoms with Gasteiger partial charge >= 0.3 is 0 Å². The van der Waals surface area contributed by atoms with Gasteiger partial charge in [0.2, 0.25) is 0 Å². The Morgan fingerprint density at radius 2 is 0.653 bits per heavy atom. The topological polar surface area (TPSA) is 18.1 Å². The zero-order valence-electron chi connectivity index (χ0n) is 39.2. The first-order valence-electron chi connectivity index (χ1n) is 24.8. The first-order valence-corrected chi connectivity index (χ1v) is 24.8. The van der Waals surface area contributed by atoms with E-state index in [1.807, 2.05) is 0 Å². The Morgan fingerprint density at radius 3 is 1.15 bits per heavy atom. The Kier molecular flexibility index (Phi) is 8.99. The van der Waals surface area contributed by atoms with Crippen molar-refractivity contribution in [2.45, 2.75) is 0 Å². The Hall–Kier alpha value is -9.50. The third kappa shape index (κ3) is 6.09. The minimum absolute atomic E-state index is 0.871. The fraction of sp³-hybridized carbons (Fsp3) is 0. The van der Waals surface area contributed by atoms with Crippen LogP contribution in [-0.4, -0.2) is 4.57 Å². The number of furan rings is 1. The van der Waals surface area contributed by atoms with Crippen LogP contribution >= 0.6 is 0 Å². The lowest BCUT2D eigenvalue weighted by Gasteiger charge is -2.20. The highest BCUT2D eigenvalue weighted by atomic mass is 16.3. The van der Waals surface area contributed by atoms with E-state index in [4.69, 9.17) is 4.42 Å². The zero-order valence-corrected chi connectivity index (χ0v) is 39.2. The van der Waals surface area contributed by atoms with Crippen LogP contribution in [0.5, 0.6) is 0 Å². The van der Waals surface area contributed by atoms with Gasteiger partial charge in [0.25, 0.3) is 0 Å². The molecule has 0 amide bonds. The summed E-state index contributed by atoms with van der Waals surface area (Å²) in [5, 5.41) is 14.4. The average molecular weight is 914 g/mol. The van der Waals surface area contributed by atoms with Gasteiger partial charge in [0.15, 0.2) is 0 Å². The second-order valence-corrected chi connectivity index (χ2v) is 19.0. The third-order valence-corrected chi connectivity index (χ3v) is 15.2. The van der Waals surface area contributed by atoms with Crippen LogP contribution in [0.25, 0.3) is 148 Å². The molecule has 0 aliphatic rings. The van der Waals surface area contributed by atoms with Gasteiger partial charge in [0.05, 0.1) is 16.7 Å². The van der Waals surface area contributed by atoms with Gasteiger partial charge in [0.1, 0.15) is 11.2 Å². The maximum atomic E-state index is 6.98. The summed E-state index contributed by atoms with van der Waals surface area (Å²) in [4.78, 5) is 0. The lowest BCUT2D eigenvalue weighted by atomic mass is 9.85. The second-order valence-electron chi connectivity index (χ2n) is 19.0. The molecular formula is C70H43NO. The minimum atomic E-state index is 0.871. The molecule has 0 radical (unpaired) electrons. The van der Waals surface area contributed by atoms with Crippen LogP contribution in [0.1, 0.15) is 0 Å². The van der Waals surface area contributed by atoms with Gasteiger partial charge in [0, 0.05) is 32.3 Å². The number of hydrogen-bond donors (Lipinski definition) is 0. The summed E-state index contributed by atoms with van der Waals surface area (Å²) in [6.07, 6.45) is 0. The van der Waals surface area contributed by atoms with Crippen molar-refractivity contribution in [3.8, 4) is 61.3 Å². The molecule has 2 heteroatoms. The molecule has 0 bridgehead atoms. The van der Waals surface area contributed by atoms with E-state index >= 15 is 0 Å². The lowest BCUT2D eigenvalue weighted by Crippen LogP contribution is -1.99. The van der Waals surface area contributed by atoms with E-state index in [2.05, 4.69) is 265 Å². The van der Waals surface area contributed by atoms with E-state index in [0.717, 1.165) is 33.1 Å². The zero-order chi connectivity index (χ0) is 47.3. The molecule has 0 fully saturated rings. The third-order valence-electron chi connectivity index (χ3n) is 15.2. The Labute approximate surface area is 415 Å². The number of fused-ring (bicyclic) bond motifs is 10. The van der Waals surface area contributed by atoms with Gasteiger partial charge in [-0.2, -0.15) is 0 Å². The van der Waals surface area contributed by atoms with Crippen molar-refractivity contribution < 1.29 is 4.42 Å². The highest BCUT2D eigenvalue weighted by Gasteiger charge is 2.24. The lowest BCUT2D eigenvalue weighted by molar-refractivity contribution is 0.669. The molecule has 0 aliphatic heterocycles. The molecule has 0 saturated heterocycles. The fourth-order valence-corrected chi connectivity index (χ4v) is 12.1. The van der Waals surface area contributed by atoms with Crippen LogP contribution in [-0.2, 0) is 0 Å². The molecule has 0 saturated carbocycles. The van der Waals surface area contributed by atoms with Crippen molar-refractivity contribution in [3.63, 3.8) is 0 Å². The molecule has 13 aromatic carbocycles. The smallest absolute Gasteiger partial charge is 0.136 e.